The highest BCUT2D eigenvalue weighted by molar-refractivity contribution is 5.55. The van der Waals surface area contributed by atoms with Crippen LogP contribution in [0.1, 0.15) is 18.4 Å². The van der Waals surface area contributed by atoms with Crippen molar-refractivity contribution in [2.75, 3.05) is 43.5 Å². The van der Waals surface area contributed by atoms with Crippen molar-refractivity contribution < 1.29 is 5.11 Å². The topological polar surface area (TPSA) is 51.6 Å². The Morgan fingerprint density at radius 2 is 1.96 bits per heavy atom. The number of benzene rings is 1. The Bertz CT molecular complexity index is 624. The zero-order chi connectivity index (χ0) is 17.5. The number of piperidine rings is 1. The molecule has 0 spiro atoms. The van der Waals surface area contributed by atoms with E-state index in [9.17, 15) is 0 Å². The lowest BCUT2D eigenvalue weighted by atomic mass is 10.0. The molecule has 1 saturated heterocycles. The molecule has 1 aliphatic heterocycles. The molecule has 5 nitrogen and oxygen atoms in total. The van der Waals surface area contributed by atoms with Crippen LogP contribution in [-0.2, 0) is 6.54 Å². The minimum atomic E-state index is 0.175. The van der Waals surface area contributed by atoms with E-state index in [0.29, 0.717) is 12.6 Å². The SMILES string of the molecule is CN(CCO)c1ccc(NC2CCN(Cc3cccnc3)CC2)cc1. The number of hydrogen-bond acceptors (Lipinski definition) is 5. The number of nitrogens with one attached hydrogen (secondary N) is 1. The Balaban J connectivity index is 1.45. The number of hydrogen-bond donors (Lipinski definition) is 2. The second-order valence-corrected chi connectivity index (χ2v) is 6.75. The van der Waals surface area contributed by atoms with E-state index in [0.717, 1.165) is 38.2 Å². The fraction of sp³-hybridized carbons (Fsp3) is 0.450. The van der Waals surface area contributed by atoms with Crippen molar-refractivity contribution in [2.24, 2.45) is 0 Å². The van der Waals surface area contributed by atoms with Crippen LogP contribution in [-0.4, -0.2) is 54.3 Å². The van der Waals surface area contributed by atoms with Crippen LogP contribution >= 0.6 is 0 Å². The molecule has 2 N–H and O–H groups in total. The van der Waals surface area contributed by atoms with E-state index >= 15 is 0 Å². The lowest BCUT2D eigenvalue weighted by Crippen LogP contribution is -2.38. The molecular formula is C20H28N4O. The molecule has 0 radical (unpaired) electrons. The molecule has 5 heteroatoms. The summed E-state index contributed by atoms with van der Waals surface area (Å²) in [5.74, 6) is 0. The fourth-order valence-electron chi connectivity index (χ4n) is 3.31. The summed E-state index contributed by atoms with van der Waals surface area (Å²) in [4.78, 5) is 8.75. The van der Waals surface area contributed by atoms with Crippen LogP contribution in [0.25, 0.3) is 0 Å². The maximum Gasteiger partial charge on any atom is 0.0606 e. The third-order valence-corrected chi connectivity index (χ3v) is 4.83. The molecule has 0 bridgehead atoms. The van der Waals surface area contributed by atoms with Gasteiger partial charge in [0.25, 0.3) is 0 Å². The van der Waals surface area contributed by atoms with E-state index in [1.807, 2.05) is 25.5 Å². The standard InChI is InChI=1S/C20H28N4O/c1-23(13-14-25)20-6-4-18(5-7-20)22-19-8-11-24(12-9-19)16-17-3-2-10-21-15-17/h2-7,10,15,19,22,25H,8-9,11-14,16H2,1H3. The monoisotopic (exact) mass is 340 g/mol. The highest BCUT2D eigenvalue weighted by atomic mass is 16.3. The van der Waals surface area contributed by atoms with Crippen molar-refractivity contribution in [3.8, 4) is 0 Å². The Hall–Kier alpha value is -2.11. The molecule has 2 heterocycles. The van der Waals surface area contributed by atoms with Crippen LogP contribution in [0.5, 0.6) is 0 Å². The zero-order valence-electron chi connectivity index (χ0n) is 14.9. The number of nitrogens with zero attached hydrogens (tertiary/aromatic N) is 3. The van der Waals surface area contributed by atoms with Gasteiger partial charge in [0.15, 0.2) is 0 Å². The van der Waals surface area contributed by atoms with Gasteiger partial charge in [-0.3, -0.25) is 9.88 Å². The number of aliphatic hydroxyl groups excluding tert-OH is 1. The Labute approximate surface area is 150 Å². The lowest BCUT2D eigenvalue weighted by Gasteiger charge is -2.33. The van der Waals surface area contributed by atoms with Gasteiger partial charge in [0, 0.05) is 63.0 Å². The van der Waals surface area contributed by atoms with E-state index in [1.54, 1.807) is 0 Å². The first kappa shape index (κ1) is 17.7. The fourth-order valence-corrected chi connectivity index (χ4v) is 3.31. The predicted molar refractivity (Wildman–Crippen MR) is 103 cm³/mol. The molecule has 0 aliphatic carbocycles. The summed E-state index contributed by atoms with van der Waals surface area (Å²) in [6.07, 6.45) is 6.10. The normalized spacial score (nSPS) is 15.9. The van der Waals surface area contributed by atoms with Crippen molar-refractivity contribution in [3.63, 3.8) is 0 Å². The highest BCUT2D eigenvalue weighted by Crippen LogP contribution is 2.21. The van der Waals surface area contributed by atoms with Gasteiger partial charge in [0.1, 0.15) is 0 Å². The van der Waals surface area contributed by atoms with Gasteiger partial charge in [-0.25, -0.2) is 0 Å². The Morgan fingerprint density at radius 1 is 1.20 bits per heavy atom. The molecule has 1 aromatic heterocycles. The largest absolute Gasteiger partial charge is 0.395 e. The van der Waals surface area contributed by atoms with Gasteiger partial charge in [-0.05, 0) is 48.7 Å². The molecule has 2 aromatic rings. The van der Waals surface area contributed by atoms with Crippen LogP contribution in [0.4, 0.5) is 11.4 Å². The predicted octanol–water partition coefficient (Wildman–Crippen LogP) is 2.59. The van der Waals surface area contributed by atoms with E-state index < -0.39 is 0 Å². The van der Waals surface area contributed by atoms with Crippen LogP contribution in [0, 0.1) is 0 Å². The van der Waals surface area contributed by atoms with Crippen molar-refractivity contribution in [1.82, 2.24) is 9.88 Å². The van der Waals surface area contributed by atoms with Crippen LogP contribution < -0.4 is 10.2 Å². The van der Waals surface area contributed by atoms with E-state index in [1.165, 1.54) is 11.3 Å². The second-order valence-electron chi connectivity index (χ2n) is 6.75. The van der Waals surface area contributed by atoms with Crippen molar-refractivity contribution in [1.29, 1.82) is 0 Å². The number of anilines is 2. The molecule has 0 atom stereocenters. The summed E-state index contributed by atoms with van der Waals surface area (Å²) in [5.41, 5.74) is 3.59. The minimum absolute atomic E-state index is 0.175. The molecule has 1 aliphatic rings. The summed E-state index contributed by atoms with van der Waals surface area (Å²) < 4.78 is 0. The second kappa shape index (κ2) is 8.83. The molecule has 0 saturated carbocycles. The van der Waals surface area contributed by atoms with E-state index in [-0.39, 0.29) is 6.61 Å². The average molecular weight is 340 g/mol. The third-order valence-electron chi connectivity index (χ3n) is 4.83. The van der Waals surface area contributed by atoms with Crippen LogP contribution in [0.15, 0.2) is 48.8 Å². The average Bonchev–Trinajstić information content (AvgIpc) is 2.65. The van der Waals surface area contributed by atoms with Gasteiger partial charge in [0.2, 0.25) is 0 Å². The van der Waals surface area contributed by atoms with Gasteiger partial charge < -0.3 is 15.3 Å². The van der Waals surface area contributed by atoms with Gasteiger partial charge in [-0.1, -0.05) is 6.07 Å². The van der Waals surface area contributed by atoms with E-state index in [2.05, 4.69) is 50.4 Å². The van der Waals surface area contributed by atoms with Crippen molar-refractivity contribution >= 4 is 11.4 Å². The van der Waals surface area contributed by atoms with Crippen LogP contribution in [0.3, 0.4) is 0 Å². The smallest absolute Gasteiger partial charge is 0.0606 e. The quantitative estimate of drug-likeness (QED) is 0.811. The highest BCUT2D eigenvalue weighted by Gasteiger charge is 2.19. The minimum Gasteiger partial charge on any atom is -0.395 e. The lowest BCUT2D eigenvalue weighted by molar-refractivity contribution is 0.211. The summed E-state index contributed by atoms with van der Waals surface area (Å²) in [6.45, 7) is 4.05. The zero-order valence-corrected chi connectivity index (χ0v) is 14.9. The molecule has 3 rings (SSSR count). The molecule has 25 heavy (non-hydrogen) atoms. The van der Waals surface area contributed by atoms with Gasteiger partial charge in [0.05, 0.1) is 6.61 Å². The molecule has 1 aromatic carbocycles. The molecule has 134 valence electrons. The third kappa shape index (κ3) is 5.18. The molecule has 0 unspecified atom stereocenters. The van der Waals surface area contributed by atoms with Gasteiger partial charge in [-0.15, -0.1) is 0 Å². The maximum absolute atomic E-state index is 9.02. The van der Waals surface area contributed by atoms with Gasteiger partial charge in [-0.2, -0.15) is 0 Å². The summed E-state index contributed by atoms with van der Waals surface area (Å²) in [6, 6.07) is 13.2. The molecule has 1 fully saturated rings. The summed E-state index contributed by atoms with van der Waals surface area (Å²) in [5, 5.41) is 12.7. The van der Waals surface area contributed by atoms with Crippen molar-refractivity contribution in [3.05, 3.63) is 54.4 Å². The number of likely N-dealkylation sites (N-methyl/N-ethyl adjacent to an activating group) is 1. The van der Waals surface area contributed by atoms with Crippen LogP contribution in [0.2, 0.25) is 0 Å². The summed E-state index contributed by atoms with van der Waals surface area (Å²) >= 11 is 0. The summed E-state index contributed by atoms with van der Waals surface area (Å²) in [7, 11) is 2.00. The first-order chi connectivity index (χ1) is 12.2. The van der Waals surface area contributed by atoms with Gasteiger partial charge >= 0.3 is 0 Å². The molecule has 0 amide bonds. The number of likely N-dealkylation sites (tertiary alicyclic amines) is 1. The van der Waals surface area contributed by atoms with E-state index in [4.69, 9.17) is 5.11 Å². The van der Waals surface area contributed by atoms with Crippen molar-refractivity contribution in [2.45, 2.75) is 25.4 Å². The molecular weight excluding hydrogens is 312 g/mol. The Morgan fingerprint density at radius 3 is 2.60 bits per heavy atom. The Kier molecular flexibility index (Phi) is 6.25. The first-order valence-electron chi connectivity index (χ1n) is 9.04. The first-order valence-corrected chi connectivity index (χ1v) is 9.04. The maximum atomic E-state index is 9.02. The number of rotatable bonds is 7. The number of aliphatic hydroxyl groups is 1. The number of aromatic nitrogens is 1. The number of pyridine rings is 1.